The Balaban J connectivity index is 1.37. The van der Waals surface area contributed by atoms with Gasteiger partial charge < -0.3 is 4.90 Å². The standard InChI is InChI=1S/C19H21N3O2/c1-15-4-6-20-19(12-15)22-9-7-21(8-10-22)14-16-2-3-18-17(13-16)5-11-23-24-18/h2-6,11-13H,7-10,14H2,1H3. The normalized spacial score (nSPS) is 17.1. The van der Waals surface area contributed by atoms with Gasteiger partial charge >= 0.3 is 0 Å². The van der Waals surface area contributed by atoms with Gasteiger partial charge in [-0.3, -0.25) is 14.7 Å². The number of pyridine rings is 1. The number of fused-ring (bicyclic) bond motifs is 1. The highest BCUT2D eigenvalue weighted by molar-refractivity contribution is 5.58. The van der Waals surface area contributed by atoms with Gasteiger partial charge in [0.1, 0.15) is 12.1 Å². The number of aromatic nitrogens is 1. The summed E-state index contributed by atoms with van der Waals surface area (Å²) in [7, 11) is 0. The van der Waals surface area contributed by atoms with E-state index in [0.29, 0.717) is 0 Å². The van der Waals surface area contributed by atoms with Crippen LogP contribution in [0.4, 0.5) is 5.82 Å². The van der Waals surface area contributed by atoms with E-state index in [1.807, 2.05) is 24.4 Å². The van der Waals surface area contributed by atoms with Crippen molar-refractivity contribution in [3.8, 4) is 5.75 Å². The smallest absolute Gasteiger partial charge is 0.185 e. The molecule has 0 spiro atoms. The first-order chi connectivity index (χ1) is 11.8. The number of piperazine rings is 1. The van der Waals surface area contributed by atoms with E-state index >= 15 is 0 Å². The average Bonchev–Trinajstić information content (AvgIpc) is 2.62. The number of hydrogen-bond donors (Lipinski definition) is 0. The molecule has 0 unspecified atom stereocenters. The van der Waals surface area contributed by atoms with Crippen LogP contribution in [0.2, 0.25) is 0 Å². The summed E-state index contributed by atoms with van der Waals surface area (Å²) in [4.78, 5) is 19.3. The van der Waals surface area contributed by atoms with Gasteiger partial charge in [-0.1, -0.05) is 6.07 Å². The molecule has 1 aromatic carbocycles. The highest BCUT2D eigenvalue weighted by atomic mass is 17.2. The largest absolute Gasteiger partial charge is 0.354 e. The van der Waals surface area contributed by atoms with E-state index in [1.54, 1.807) is 6.26 Å². The van der Waals surface area contributed by atoms with Crippen molar-refractivity contribution in [3.63, 3.8) is 0 Å². The molecule has 2 aromatic rings. The van der Waals surface area contributed by atoms with Crippen LogP contribution < -0.4 is 9.79 Å². The van der Waals surface area contributed by atoms with Crippen LogP contribution in [0.15, 0.2) is 42.8 Å². The fraction of sp³-hybridized carbons (Fsp3) is 0.316. The second kappa shape index (κ2) is 6.53. The van der Waals surface area contributed by atoms with Gasteiger partial charge in [-0.25, -0.2) is 4.98 Å². The number of rotatable bonds is 3. The van der Waals surface area contributed by atoms with Crippen molar-refractivity contribution in [1.82, 2.24) is 9.88 Å². The Morgan fingerprint density at radius 2 is 1.96 bits per heavy atom. The van der Waals surface area contributed by atoms with Gasteiger partial charge in [0, 0.05) is 44.5 Å². The van der Waals surface area contributed by atoms with Crippen molar-refractivity contribution in [3.05, 3.63) is 59.5 Å². The summed E-state index contributed by atoms with van der Waals surface area (Å²) in [6, 6.07) is 10.5. The van der Waals surface area contributed by atoms with E-state index in [0.717, 1.165) is 49.9 Å². The molecule has 124 valence electrons. The summed E-state index contributed by atoms with van der Waals surface area (Å²) in [6.07, 6.45) is 5.40. The second-order valence-electron chi connectivity index (χ2n) is 6.31. The van der Waals surface area contributed by atoms with Crippen LogP contribution in [0.1, 0.15) is 16.7 Å². The second-order valence-corrected chi connectivity index (χ2v) is 6.31. The topological polar surface area (TPSA) is 37.8 Å². The molecule has 5 heteroatoms. The van der Waals surface area contributed by atoms with Crippen LogP contribution in [0.5, 0.6) is 5.75 Å². The molecule has 2 aliphatic heterocycles. The number of nitrogens with zero attached hydrogens (tertiary/aromatic N) is 3. The summed E-state index contributed by atoms with van der Waals surface area (Å²) in [5.41, 5.74) is 3.63. The third-order valence-corrected chi connectivity index (χ3v) is 4.52. The third-order valence-electron chi connectivity index (χ3n) is 4.52. The maximum absolute atomic E-state index is 5.13. The quantitative estimate of drug-likeness (QED) is 0.812. The highest BCUT2D eigenvalue weighted by Gasteiger charge is 2.18. The summed E-state index contributed by atoms with van der Waals surface area (Å²) in [6.45, 7) is 7.18. The molecule has 1 fully saturated rings. The zero-order chi connectivity index (χ0) is 16.4. The monoisotopic (exact) mass is 323 g/mol. The van der Waals surface area contributed by atoms with Crippen molar-refractivity contribution in [2.45, 2.75) is 13.5 Å². The Labute approximate surface area is 142 Å². The molecule has 1 aromatic heterocycles. The first-order valence-corrected chi connectivity index (χ1v) is 8.31. The van der Waals surface area contributed by atoms with Crippen molar-refractivity contribution >= 4 is 11.9 Å². The predicted molar refractivity (Wildman–Crippen MR) is 93.7 cm³/mol. The first kappa shape index (κ1) is 15.0. The van der Waals surface area contributed by atoms with E-state index in [-0.39, 0.29) is 0 Å². The van der Waals surface area contributed by atoms with Crippen LogP contribution in [0.3, 0.4) is 0 Å². The maximum Gasteiger partial charge on any atom is 0.185 e. The fourth-order valence-corrected chi connectivity index (χ4v) is 3.17. The molecule has 0 radical (unpaired) electrons. The van der Waals surface area contributed by atoms with E-state index in [2.05, 4.69) is 39.9 Å². The summed E-state index contributed by atoms with van der Waals surface area (Å²) >= 11 is 0. The first-order valence-electron chi connectivity index (χ1n) is 8.31. The molecule has 0 amide bonds. The van der Waals surface area contributed by atoms with Crippen LogP contribution in [-0.2, 0) is 11.4 Å². The van der Waals surface area contributed by atoms with E-state index in [1.165, 1.54) is 11.1 Å². The average molecular weight is 323 g/mol. The Morgan fingerprint density at radius 1 is 1.08 bits per heavy atom. The van der Waals surface area contributed by atoms with Gasteiger partial charge in [0.05, 0.1) is 0 Å². The van der Waals surface area contributed by atoms with Gasteiger partial charge in [0.15, 0.2) is 5.75 Å². The Kier molecular flexibility index (Phi) is 4.09. The zero-order valence-corrected chi connectivity index (χ0v) is 13.8. The van der Waals surface area contributed by atoms with Gasteiger partial charge in [-0.05, 0) is 48.4 Å². The van der Waals surface area contributed by atoms with Crippen LogP contribution in [0.25, 0.3) is 6.08 Å². The number of aryl methyl sites for hydroxylation is 1. The van der Waals surface area contributed by atoms with Crippen LogP contribution in [0, 0.1) is 6.92 Å². The van der Waals surface area contributed by atoms with Gasteiger partial charge in [0.25, 0.3) is 0 Å². The van der Waals surface area contributed by atoms with E-state index in [4.69, 9.17) is 9.78 Å². The number of hydrogen-bond acceptors (Lipinski definition) is 5. The zero-order valence-electron chi connectivity index (χ0n) is 13.8. The molecule has 0 saturated carbocycles. The van der Waals surface area contributed by atoms with Crippen LogP contribution >= 0.6 is 0 Å². The molecule has 3 heterocycles. The SMILES string of the molecule is Cc1ccnc(N2CCN(Cc3ccc4c(c3)C=COO4)CC2)c1. The minimum Gasteiger partial charge on any atom is -0.354 e. The molecular weight excluding hydrogens is 302 g/mol. The van der Waals surface area contributed by atoms with Crippen LogP contribution in [-0.4, -0.2) is 36.1 Å². The molecule has 1 saturated heterocycles. The molecule has 4 rings (SSSR count). The summed E-state index contributed by atoms with van der Waals surface area (Å²) < 4.78 is 0. The molecule has 2 aliphatic rings. The van der Waals surface area contributed by atoms with Gasteiger partial charge in [0.2, 0.25) is 0 Å². The third kappa shape index (κ3) is 3.21. The summed E-state index contributed by atoms with van der Waals surface area (Å²) in [5, 5.41) is 0. The number of benzene rings is 1. The molecule has 0 atom stereocenters. The fourth-order valence-electron chi connectivity index (χ4n) is 3.17. The molecule has 0 aliphatic carbocycles. The highest BCUT2D eigenvalue weighted by Crippen LogP contribution is 2.26. The van der Waals surface area contributed by atoms with Crippen molar-refractivity contribution in [2.24, 2.45) is 0 Å². The van der Waals surface area contributed by atoms with Gasteiger partial charge in [-0.15, -0.1) is 0 Å². The maximum atomic E-state index is 5.13. The lowest BCUT2D eigenvalue weighted by molar-refractivity contribution is -0.151. The van der Waals surface area contributed by atoms with Crippen molar-refractivity contribution < 1.29 is 9.78 Å². The lowest BCUT2D eigenvalue weighted by Gasteiger charge is -2.35. The Hall–Kier alpha value is -2.53. The molecule has 24 heavy (non-hydrogen) atoms. The predicted octanol–water partition coefficient (Wildman–Crippen LogP) is 3.01. The molecule has 5 nitrogen and oxygen atoms in total. The van der Waals surface area contributed by atoms with Crippen molar-refractivity contribution in [1.29, 1.82) is 0 Å². The minimum atomic E-state index is 0.775. The molecule has 0 bridgehead atoms. The molecular formula is C19H21N3O2. The van der Waals surface area contributed by atoms with E-state index in [9.17, 15) is 0 Å². The van der Waals surface area contributed by atoms with Gasteiger partial charge in [-0.2, -0.15) is 0 Å². The number of anilines is 1. The van der Waals surface area contributed by atoms with Crippen molar-refractivity contribution in [2.75, 3.05) is 31.1 Å². The van der Waals surface area contributed by atoms with E-state index < -0.39 is 0 Å². The lowest BCUT2D eigenvalue weighted by atomic mass is 10.1. The Morgan fingerprint density at radius 3 is 2.79 bits per heavy atom. The minimum absolute atomic E-state index is 0.775. The summed E-state index contributed by atoms with van der Waals surface area (Å²) in [5.74, 6) is 1.86. The Bertz CT molecular complexity index is 752. The lowest BCUT2D eigenvalue weighted by Crippen LogP contribution is -2.46. The molecule has 0 N–H and O–H groups in total.